The summed E-state index contributed by atoms with van der Waals surface area (Å²) in [6.45, 7) is 3.18. The van der Waals surface area contributed by atoms with Crippen LogP contribution in [-0.2, 0) is 4.79 Å². The zero-order valence-electron chi connectivity index (χ0n) is 11.3. The zero-order chi connectivity index (χ0) is 14.3. The Balaban J connectivity index is 1.91. The number of hydrogen-bond acceptors (Lipinski definition) is 3. The molecule has 0 aromatic heterocycles. The number of fused-ring (bicyclic) bond motifs is 1. The highest BCUT2D eigenvalue weighted by Crippen LogP contribution is 2.43. The van der Waals surface area contributed by atoms with Gasteiger partial charge in [0.1, 0.15) is 5.82 Å². The predicted octanol–water partition coefficient (Wildman–Crippen LogP) is 2.25. The molecule has 0 unspecified atom stereocenters. The van der Waals surface area contributed by atoms with Crippen molar-refractivity contribution in [3.05, 3.63) is 35.6 Å². The number of amides is 1. The molecule has 2 saturated heterocycles. The van der Waals surface area contributed by atoms with Crippen molar-refractivity contribution < 1.29 is 9.18 Å². The maximum atomic E-state index is 13.4. The van der Waals surface area contributed by atoms with E-state index >= 15 is 0 Å². The smallest absolute Gasteiger partial charge is 0.245 e. The molecule has 5 heteroatoms. The van der Waals surface area contributed by atoms with Gasteiger partial charge in [0.15, 0.2) is 0 Å². The fourth-order valence-corrected chi connectivity index (χ4v) is 3.20. The van der Waals surface area contributed by atoms with Gasteiger partial charge >= 0.3 is 0 Å². The summed E-state index contributed by atoms with van der Waals surface area (Å²) < 4.78 is 13.4. The quantitative estimate of drug-likeness (QED) is 0.830. The molecule has 2 heterocycles. The second-order valence-corrected chi connectivity index (χ2v) is 5.79. The lowest BCUT2D eigenvalue weighted by Gasteiger charge is -2.26. The number of nitriles is 1. The van der Waals surface area contributed by atoms with Crippen LogP contribution in [0, 0.1) is 22.6 Å². The van der Waals surface area contributed by atoms with Gasteiger partial charge in [0.2, 0.25) is 5.91 Å². The number of halogens is 1. The van der Waals surface area contributed by atoms with Gasteiger partial charge in [-0.2, -0.15) is 5.26 Å². The molecule has 2 aliphatic rings. The second kappa shape index (κ2) is 4.57. The lowest BCUT2D eigenvalue weighted by atomic mass is 9.86. The lowest BCUT2D eigenvalue weighted by molar-refractivity contribution is -0.142. The molecule has 0 bridgehead atoms. The van der Waals surface area contributed by atoms with E-state index in [1.54, 1.807) is 11.1 Å². The van der Waals surface area contributed by atoms with Gasteiger partial charge in [0.25, 0.3) is 0 Å². The van der Waals surface area contributed by atoms with Crippen LogP contribution in [0.3, 0.4) is 0 Å². The van der Waals surface area contributed by atoms with Gasteiger partial charge in [0.05, 0.1) is 23.9 Å². The van der Waals surface area contributed by atoms with Crippen molar-refractivity contribution >= 4 is 5.91 Å². The molecule has 2 atom stereocenters. The minimum atomic E-state index is -0.638. The molecule has 2 fully saturated rings. The molecular formula is C15H16FN3O. The monoisotopic (exact) mass is 273 g/mol. The second-order valence-electron chi connectivity index (χ2n) is 5.79. The first-order valence-electron chi connectivity index (χ1n) is 6.76. The van der Waals surface area contributed by atoms with Crippen LogP contribution in [0.25, 0.3) is 0 Å². The minimum Gasteiger partial charge on any atom is -0.273 e. The van der Waals surface area contributed by atoms with E-state index in [2.05, 4.69) is 6.07 Å². The Morgan fingerprint density at radius 2 is 2.35 bits per heavy atom. The summed E-state index contributed by atoms with van der Waals surface area (Å²) in [6.07, 6.45) is 1.02. The Kier molecular flexibility index (Phi) is 2.98. The van der Waals surface area contributed by atoms with Crippen molar-refractivity contribution in [1.29, 1.82) is 5.26 Å². The van der Waals surface area contributed by atoms with Crippen LogP contribution in [0.2, 0.25) is 0 Å². The molecule has 1 amide bonds. The molecular weight excluding hydrogens is 257 g/mol. The first-order chi connectivity index (χ1) is 9.55. The molecule has 2 aliphatic heterocycles. The number of carbonyl (C=O) groups is 1. The fourth-order valence-electron chi connectivity index (χ4n) is 3.20. The predicted molar refractivity (Wildman–Crippen MR) is 70.5 cm³/mol. The van der Waals surface area contributed by atoms with E-state index in [1.807, 2.05) is 18.0 Å². The largest absolute Gasteiger partial charge is 0.273 e. The van der Waals surface area contributed by atoms with E-state index in [4.69, 9.17) is 5.26 Å². The summed E-state index contributed by atoms with van der Waals surface area (Å²) in [5.41, 5.74) is 0.183. The van der Waals surface area contributed by atoms with Crippen molar-refractivity contribution in [1.82, 2.24) is 10.0 Å². The Hall–Kier alpha value is -1.93. The zero-order valence-corrected chi connectivity index (χ0v) is 11.3. The van der Waals surface area contributed by atoms with E-state index in [0.717, 1.165) is 18.5 Å². The van der Waals surface area contributed by atoms with Crippen LogP contribution in [0.15, 0.2) is 24.3 Å². The minimum absolute atomic E-state index is 0.0224. The Bertz CT molecular complexity index is 597. The number of hydrogen-bond donors (Lipinski definition) is 0. The summed E-state index contributed by atoms with van der Waals surface area (Å²) in [4.78, 5) is 12.6. The summed E-state index contributed by atoms with van der Waals surface area (Å²) in [5.74, 6) is -0.307. The maximum Gasteiger partial charge on any atom is 0.245 e. The molecule has 0 radical (unpaired) electrons. The highest BCUT2D eigenvalue weighted by atomic mass is 19.1. The van der Waals surface area contributed by atoms with E-state index in [1.165, 1.54) is 12.1 Å². The Labute approximate surface area is 117 Å². The molecule has 1 aromatic carbocycles. The number of nitrogens with zero attached hydrogens (tertiary/aromatic N) is 3. The lowest BCUT2D eigenvalue weighted by Crippen LogP contribution is -2.36. The molecule has 0 N–H and O–H groups in total. The van der Waals surface area contributed by atoms with Gasteiger partial charge in [-0.15, -0.1) is 0 Å². The summed E-state index contributed by atoms with van der Waals surface area (Å²) in [5, 5.41) is 12.6. The van der Waals surface area contributed by atoms with Crippen molar-refractivity contribution in [2.24, 2.45) is 5.41 Å². The van der Waals surface area contributed by atoms with Crippen LogP contribution in [-0.4, -0.2) is 29.0 Å². The molecule has 104 valence electrons. The Morgan fingerprint density at radius 1 is 1.55 bits per heavy atom. The van der Waals surface area contributed by atoms with Gasteiger partial charge in [0, 0.05) is 13.1 Å². The maximum absolute atomic E-state index is 13.4. The van der Waals surface area contributed by atoms with E-state index in [9.17, 15) is 9.18 Å². The number of benzene rings is 1. The van der Waals surface area contributed by atoms with Crippen molar-refractivity contribution in [2.75, 3.05) is 13.1 Å². The van der Waals surface area contributed by atoms with Gasteiger partial charge < -0.3 is 0 Å². The molecule has 1 aromatic rings. The van der Waals surface area contributed by atoms with Crippen LogP contribution < -0.4 is 0 Å². The highest BCUT2D eigenvalue weighted by Gasteiger charge is 2.52. The van der Waals surface area contributed by atoms with E-state index < -0.39 is 5.41 Å². The fraction of sp³-hybridized carbons (Fsp3) is 0.467. The molecule has 3 rings (SSSR count). The summed E-state index contributed by atoms with van der Waals surface area (Å²) in [7, 11) is 0. The molecule has 0 spiro atoms. The normalized spacial score (nSPS) is 29.6. The van der Waals surface area contributed by atoms with Gasteiger partial charge in [-0.05, 0) is 31.0 Å². The third-order valence-corrected chi connectivity index (χ3v) is 4.22. The van der Waals surface area contributed by atoms with Crippen LogP contribution in [0.1, 0.15) is 31.4 Å². The molecule has 0 saturated carbocycles. The van der Waals surface area contributed by atoms with Crippen LogP contribution in [0.5, 0.6) is 0 Å². The number of rotatable bonds is 2. The van der Waals surface area contributed by atoms with Gasteiger partial charge in [-0.3, -0.25) is 9.80 Å². The Morgan fingerprint density at radius 3 is 3.05 bits per heavy atom. The third kappa shape index (κ3) is 1.88. The van der Waals surface area contributed by atoms with E-state index in [0.29, 0.717) is 6.54 Å². The summed E-state index contributed by atoms with van der Waals surface area (Å²) in [6, 6.07) is 8.40. The van der Waals surface area contributed by atoms with Crippen LogP contribution in [0.4, 0.5) is 4.39 Å². The SMILES string of the molecule is C[C@@]1(CC#N)CN2CC[C@@H](c3cccc(F)c3)N2C1=O. The average Bonchev–Trinajstić information content (AvgIpc) is 2.90. The standard InChI is InChI=1S/C15H16FN3O/c1-15(6-7-17)10-18-8-5-13(19(18)14(15)20)11-3-2-4-12(16)9-11/h2-4,9,13H,5-6,8,10H2,1H3/t13-,15+/m0/s1. The van der Waals surface area contributed by atoms with Crippen molar-refractivity contribution in [3.8, 4) is 6.07 Å². The first-order valence-corrected chi connectivity index (χ1v) is 6.76. The van der Waals surface area contributed by atoms with Crippen molar-refractivity contribution in [2.45, 2.75) is 25.8 Å². The molecule has 0 aliphatic carbocycles. The number of carbonyl (C=O) groups excluding carboxylic acids is 1. The van der Waals surface area contributed by atoms with Gasteiger partial charge in [-0.1, -0.05) is 12.1 Å². The number of hydrazine groups is 1. The molecule has 20 heavy (non-hydrogen) atoms. The first kappa shape index (κ1) is 13.1. The highest BCUT2D eigenvalue weighted by molar-refractivity contribution is 5.85. The van der Waals surface area contributed by atoms with Crippen LogP contribution >= 0.6 is 0 Å². The third-order valence-electron chi connectivity index (χ3n) is 4.22. The molecule has 4 nitrogen and oxygen atoms in total. The summed E-state index contributed by atoms with van der Waals surface area (Å²) >= 11 is 0. The van der Waals surface area contributed by atoms with Gasteiger partial charge in [-0.25, -0.2) is 9.40 Å². The topological polar surface area (TPSA) is 47.3 Å². The van der Waals surface area contributed by atoms with E-state index in [-0.39, 0.29) is 24.2 Å². The van der Waals surface area contributed by atoms with Crippen molar-refractivity contribution in [3.63, 3.8) is 0 Å². The average molecular weight is 273 g/mol.